The van der Waals surface area contributed by atoms with Gasteiger partial charge < -0.3 is 5.84 Å². The zero-order valence-electron chi connectivity index (χ0n) is 5.97. The van der Waals surface area contributed by atoms with Gasteiger partial charge >= 0.3 is 0 Å². The molecule has 0 saturated carbocycles. The van der Waals surface area contributed by atoms with Gasteiger partial charge in [0.1, 0.15) is 7.05 Å². The monoisotopic (exact) mass is 354 g/mol. The van der Waals surface area contributed by atoms with Crippen LogP contribution in [0.4, 0.5) is 0 Å². The van der Waals surface area contributed by atoms with Crippen molar-refractivity contribution in [3.8, 4) is 0 Å². The molecule has 0 rings (SSSR count). The minimum atomic E-state index is -0.267. The van der Waals surface area contributed by atoms with E-state index in [1.807, 2.05) is 0 Å². The summed E-state index contributed by atoms with van der Waals surface area (Å²) in [6, 6.07) is 0. The van der Waals surface area contributed by atoms with Crippen molar-refractivity contribution in [1.82, 2.24) is 5.43 Å². The van der Waals surface area contributed by atoms with Crippen molar-refractivity contribution in [2.45, 2.75) is 6.92 Å². The van der Waals surface area contributed by atoms with E-state index in [0.717, 1.165) is 0 Å². The first-order valence-corrected chi connectivity index (χ1v) is 2.43. The number of quaternary nitrogens is 1. The number of nitrogens with zero attached hydrogens (tertiary/aromatic N) is 2. The summed E-state index contributed by atoms with van der Waals surface area (Å²) in [6.45, 7) is 1.78. The Balaban J connectivity index is 0. The van der Waals surface area contributed by atoms with Crippen molar-refractivity contribution in [3.63, 3.8) is 0 Å². The molecule has 0 aliphatic rings. The van der Waals surface area contributed by atoms with Crippen LogP contribution in [0.2, 0.25) is 0 Å². The van der Waals surface area contributed by atoms with Gasteiger partial charge in [0, 0.05) is 38.2 Å². The van der Waals surface area contributed by atoms with Crippen LogP contribution >= 0.6 is 0 Å². The van der Waals surface area contributed by atoms with Gasteiger partial charge in [-0.25, -0.2) is 0 Å². The fraction of sp³-hybridized carbons (Fsp3) is 0.750. The molecular formula is C4H12N4U. The normalized spacial score (nSPS) is 16.9. The fourth-order valence-corrected chi connectivity index (χ4v) is 0.289. The van der Waals surface area contributed by atoms with Crippen molar-refractivity contribution in [2.24, 2.45) is 5.10 Å². The summed E-state index contributed by atoms with van der Waals surface area (Å²) in [5.74, 6) is 7.20. The maximum Gasteiger partial charge on any atom is 0.101 e. The number of rotatable bonds is 2. The quantitative estimate of drug-likeness (QED) is 0.439. The van der Waals surface area contributed by atoms with Gasteiger partial charge in [0.15, 0.2) is 0 Å². The summed E-state index contributed by atoms with van der Waals surface area (Å²) in [5, 5.41) is 3.74. The van der Waals surface area contributed by atoms with Gasteiger partial charge in [0.2, 0.25) is 0 Å². The zero-order valence-corrected chi connectivity index (χ0v) is 10.1. The molecule has 0 heterocycles. The SMILES string of the molecule is C/C=N/[N+](C)([NH-])NC.[U]. The zero-order chi connectivity index (χ0) is 6.62. The molecule has 0 aliphatic heterocycles. The molecule has 0 saturated heterocycles. The smallest absolute Gasteiger partial charge is 0.101 e. The van der Waals surface area contributed by atoms with Crippen LogP contribution in [-0.4, -0.2) is 25.1 Å². The van der Waals surface area contributed by atoms with E-state index >= 15 is 0 Å². The third-order valence-electron chi connectivity index (χ3n) is 0.782. The van der Waals surface area contributed by atoms with Gasteiger partial charge in [-0.3, -0.25) is 0 Å². The summed E-state index contributed by atoms with van der Waals surface area (Å²) in [6.07, 6.45) is 1.59. The second kappa shape index (κ2) is 5.39. The van der Waals surface area contributed by atoms with Gasteiger partial charge in [-0.1, -0.05) is 5.10 Å². The summed E-state index contributed by atoms with van der Waals surface area (Å²) in [4.78, 5) is -0.267. The molecule has 0 bridgehead atoms. The number of nitrogens with one attached hydrogen (secondary N) is 2. The summed E-state index contributed by atoms with van der Waals surface area (Å²) in [7, 11) is 3.31. The third kappa shape index (κ3) is 6.49. The van der Waals surface area contributed by atoms with E-state index < -0.39 is 0 Å². The van der Waals surface area contributed by atoms with Crippen LogP contribution in [0.25, 0.3) is 5.84 Å². The van der Waals surface area contributed by atoms with Crippen molar-refractivity contribution >= 4 is 6.21 Å². The number of hydrogen-bond acceptors (Lipinski definition) is 2. The van der Waals surface area contributed by atoms with Crippen LogP contribution < -0.4 is 5.43 Å². The molecule has 52 valence electrons. The van der Waals surface area contributed by atoms with Crippen LogP contribution in [0, 0.1) is 31.1 Å². The van der Waals surface area contributed by atoms with Gasteiger partial charge in [0.25, 0.3) is 0 Å². The molecule has 1 unspecified atom stereocenters. The maximum absolute atomic E-state index is 7.20. The van der Waals surface area contributed by atoms with Crippen LogP contribution in [-0.2, 0) is 0 Å². The molecule has 9 heavy (non-hydrogen) atoms. The van der Waals surface area contributed by atoms with E-state index in [0.29, 0.717) is 0 Å². The Kier molecular flexibility index (Phi) is 7.37. The van der Waals surface area contributed by atoms with Gasteiger partial charge in [-0.05, 0) is 6.92 Å². The third-order valence-corrected chi connectivity index (χ3v) is 0.782. The van der Waals surface area contributed by atoms with E-state index in [9.17, 15) is 0 Å². The second-order valence-electron chi connectivity index (χ2n) is 1.56. The summed E-state index contributed by atoms with van der Waals surface area (Å²) < 4.78 is 0. The minimum Gasteiger partial charge on any atom is -0.418 e. The molecule has 0 spiro atoms. The molecule has 5 heteroatoms. The standard InChI is InChI=1S/C4H12N4.U/c1-4-7-8(3,5)6-2;/h4H,1-3H3,(H2,5,6);/b7-4+;. The summed E-state index contributed by atoms with van der Waals surface area (Å²) >= 11 is 0. The average molecular weight is 354 g/mol. The van der Waals surface area contributed by atoms with E-state index in [2.05, 4.69) is 10.5 Å². The van der Waals surface area contributed by atoms with Crippen LogP contribution in [0.5, 0.6) is 0 Å². The van der Waals surface area contributed by atoms with Crippen molar-refractivity contribution in [3.05, 3.63) is 5.84 Å². The molecule has 0 fully saturated rings. The first-order valence-electron chi connectivity index (χ1n) is 2.43. The predicted octanol–water partition coefficient (Wildman–Crippen LogP) is 0.540. The Bertz CT molecular complexity index is 90.6. The molecule has 1 atom stereocenters. The Morgan fingerprint density at radius 2 is 2.11 bits per heavy atom. The van der Waals surface area contributed by atoms with E-state index in [1.54, 1.807) is 27.2 Å². The molecule has 0 radical (unpaired) electrons. The largest absolute Gasteiger partial charge is 0.418 e. The van der Waals surface area contributed by atoms with E-state index in [-0.39, 0.29) is 35.9 Å². The maximum atomic E-state index is 7.20. The molecule has 2 N–H and O–H groups in total. The fourth-order valence-electron chi connectivity index (χ4n) is 0.289. The van der Waals surface area contributed by atoms with E-state index in [4.69, 9.17) is 5.84 Å². The van der Waals surface area contributed by atoms with Crippen molar-refractivity contribution in [2.75, 3.05) is 14.1 Å². The predicted molar refractivity (Wildman–Crippen MR) is 33.7 cm³/mol. The van der Waals surface area contributed by atoms with Crippen LogP contribution in [0.1, 0.15) is 6.92 Å². The summed E-state index contributed by atoms with van der Waals surface area (Å²) in [5.41, 5.74) is 2.65. The molecule has 0 aliphatic carbocycles. The Labute approximate surface area is 79.4 Å². The van der Waals surface area contributed by atoms with Crippen molar-refractivity contribution in [1.29, 1.82) is 0 Å². The molecule has 4 nitrogen and oxygen atoms in total. The molecule has 0 amide bonds. The Morgan fingerprint density at radius 1 is 1.67 bits per heavy atom. The molecule has 0 aromatic heterocycles. The van der Waals surface area contributed by atoms with Crippen LogP contribution in [0.3, 0.4) is 0 Å². The van der Waals surface area contributed by atoms with Gasteiger partial charge in [-0.2, -0.15) is 10.2 Å². The first kappa shape index (κ1) is 12.3. The first-order chi connectivity index (χ1) is 3.62. The molecular weight excluding hydrogens is 342 g/mol. The van der Waals surface area contributed by atoms with Gasteiger partial charge in [0.05, 0.1) is 6.21 Å². The van der Waals surface area contributed by atoms with Gasteiger partial charge in [-0.15, -0.1) is 0 Å². The van der Waals surface area contributed by atoms with E-state index in [1.165, 1.54) is 0 Å². The number of hydrogen-bond donors (Lipinski definition) is 1. The van der Waals surface area contributed by atoms with Crippen molar-refractivity contribution < 1.29 is 35.9 Å². The molecule has 0 aromatic rings. The topological polar surface area (TPSA) is 48.2 Å². The van der Waals surface area contributed by atoms with Crippen LogP contribution in [0.15, 0.2) is 5.10 Å². The molecule has 0 aromatic carbocycles. The average Bonchev–Trinajstić information content (AvgIpc) is 1.67. The Morgan fingerprint density at radius 3 is 2.22 bits per heavy atom. The Hall–Kier alpha value is 0.602. The second-order valence-corrected chi connectivity index (χ2v) is 1.56. The minimum absolute atomic E-state index is 0.